The van der Waals surface area contributed by atoms with Gasteiger partial charge < -0.3 is 9.11 Å². The third-order valence-electron chi connectivity index (χ3n) is 2.39. The molecule has 10 nitrogen and oxygen atoms in total. The van der Waals surface area contributed by atoms with Crippen molar-refractivity contribution in [3.05, 3.63) is 0 Å². The van der Waals surface area contributed by atoms with E-state index < -0.39 is 43.8 Å². The van der Waals surface area contributed by atoms with Gasteiger partial charge in [0.15, 0.2) is 12.1 Å². The summed E-state index contributed by atoms with van der Waals surface area (Å²) in [4.78, 5) is 0. The summed E-state index contributed by atoms with van der Waals surface area (Å²) in [5.41, 5.74) is 0. The summed E-state index contributed by atoms with van der Waals surface area (Å²) < 4.78 is 62.4. The van der Waals surface area contributed by atoms with Gasteiger partial charge in [-0.2, -0.15) is 20.8 Å². The summed E-state index contributed by atoms with van der Waals surface area (Å²) >= 11 is 0. The Hall–Kier alpha value is 1.67. The first-order valence-corrected chi connectivity index (χ1v) is 9.29. The minimum absolute atomic E-state index is 0. The Kier molecular flexibility index (Phi) is 19.9. The number of nitrogens with zero attached hydrogens (tertiary/aromatic N) is 4. The van der Waals surface area contributed by atoms with Crippen molar-refractivity contribution in [1.82, 2.24) is 0 Å². The zero-order chi connectivity index (χ0) is 17.2. The van der Waals surface area contributed by atoms with Gasteiger partial charge in [-0.25, -0.2) is 16.8 Å². The monoisotopic (exact) mass is 428 g/mol. The number of hydrogen-bond acceptors (Lipinski definition) is 10. The molecule has 0 saturated heterocycles. The SMILES string of the molecule is N#CC(CCCS(=O)(=O)[O-])N=NC(C#N)CCCS(=O)(=O)[O-].[K+].[K+]. The second-order valence-electron chi connectivity index (χ2n) is 4.33. The summed E-state index contributed by atoms with van der Waals surface area (Å²) in [6.45, 7) is 0. The zero-order valence-corrected chi connectivity index (χ0v) is 21.3. The first-order valence-electron chi connectivity index (χ1n) is 6.13. The van der Waals surface area contributed by atoms with E-state index in [1.807, 2.05) is 0 Å². The van der Waals surface area contributed by atoms with Crippen molar-refractivity contribution < 1.29 is 129 Å². The predicted octanol–water partition coefficient (Wildman–Crippen LogP) is -6.12. The minimum atomic E-state index is -4.36. The van der Waals surface area contributed by atoms with Crippen molar-refractivity contribution >= 4 is 20.2 Å². The number of azo groups is 1. The molecule has 0 spiro atoms. The molecule has 0 N–H and O–H groups in total. The molecule has 2 atom stereocenters. The second kappa shape index (κ2) is 15.7. The van der Waals surface area contributed by atoms with Crippen LogP contribution in [-0.2, 0) is 20.2 Å². The molecule has 0 aliphatic carbocycles. The Labute approximate surface area is 226 Å². The standard InChI is InChI=1S/C10H16N4O6S2.2K/c11-7-9(3-1-5-21(15,16)17)13-14-10(8-12)4-2-6-22(18,19)20;;/h9-10H,1-6H2,(H,15,16,17)(H,18,19,20);;/q;2*+1/p-2. The molecule has 0 aliphatic heterocycles. The first-order chi connectivity index (χ1) is 10.1. The predicted molar refractivity (Wildman–Crippen MR) is 71.3 cm³/mol. The summed E-state index contributed by atoms with van der Waals surface area (Å²) in [5.74, 6) is -1.24. The van der Waals surface area contributed by atoms with Crippen molar-refractivity contribution in [2.24, 2.45) is 10.2 Å². The first kappa shape index (κ1) is 30.4. The van der Waals surface area contributed by atoms with Crippen LogP contribution < -0.4 is 103 Å². The van der Waals surface area contributed by atoms with E-state index in [-0.39, 0.29) is 128 Å². The molecule has 0 heterocycles. The number of hydrogen-bond donors (Lipinski definition) is 0. The van der Waals surface area contributed by atoms with Crippen molar-refractivity contribution in [3.63, 3.8) is 0 Å². The molecule has 0 fully saturated rings. The van der Waals surface area contributed by atoms with Crippen LogP contribution in [0.2, 0.25) is 0 Å². The third kappa shape index (κ3) is 20.0. The maximum atomic E-state index is 10.4. The van der Waals surface area contributed by atoms with Crippen LogP contribution in [0.25, 0.3) is 0 Å². The second-order valence-corrected chi connectivity index (χ2v) is 7.38. The van der Waals surface area contributed by atoms with Crippen LogP contribution in [0.5, 0.6) is 0 Å². The van der Waals surface area contributed by atoms with Crippen LogP contribution in [0.1, 0.15) is 25.7 Å². The van der Waals surface area contributed by atoms with Gasteiger partial charge in [-0.3, -0.25) is 0 Å². The molecule has 0 bridgehead atoms. The fourth-order valence-electron chi connectivity index (χ4n) is 1.36. The van der Waals surface area contributed by atoms with Crippen LogP contribution in [0.3, 0.4) is 0 Å². The minimum Gasteiger partial charge on any atom is -0.748 e. The van der Waals surface area contributed by atoms with E-state index >= 15 is 0 Å². The van der Waals surface area contributed by atoms with Gasteiger partial charge >= 0.3 is 103 Å². The molecule has 0 aromatic rings. The molecule has 0 aromatic heterocycles. The topological polar surface area (TPSA) is 187 Å². The van der Waals surface area contributed by atoms with Crippen molar-refractivity contribution in [2.75, 3.05) is 11.5 Å². The molecule has 0 aromatic carbocycles. The Balaban J connectivity index is -0.00000220. The van der Waals surface area contributed by atoms with Crippen molar-refractivity contribution in [2.45, 2.75) is 37.8 Å². The fraction of sp³-hybridized carbons (Fsp3) is 0.800. The molecule has 2 unspecified atom stereocenters. The number of rotatable bonds is 10. The summed E-state index contributed by atoms with van der Waals surface area (Å²) in [7, 11) is -8.72. The largest absolute Gasteiger partial charge is 1.00 e. The summed E-state index contributed by atoms with van der Waals surface area (Å²) in [6.07, 6.45) is -0.132. The fourth-order valence-corrected chi connectivity index (χ4v) is 2.40. The van der Waals surface area contributed by atoms with Crippen molar-refractivity contribution in [3.8, 4) is 12.1 Å². The maximum absolute atomic E-state index is 10.4. The average molecular weight is 429 g/mol. The maximum Gasteiger partial charge on any atom is 1.00 e. The molecular formula is C10H14K2N4O6S2. The van der Waals surface area contributed by atoms with E-state index in [2.05, 4.69) is 10.2 Å². The number of nitriles is 2. The quantitative estimate of drug-likeness (QED) is 0.187. The van der Waals surface area contributed by atoms with E-state index in [0.717, 1.165) is 0 Å². The van der Waals surface area contributed by atoms with E-state index in [1.54, 1.807) is 12.1 Å². The molecule has 0 rings (SSSR count). The molecule has 0 radical (unpaired) electrons. The molecule has 0 aliphatic rings. The molecular weight excluding hydrogens is 414 g/mol. The van der Waals surface area contributed by atoms with E-state index in [4.69, 9.17) is 10.5 Å². The molecule has 0 saturated carbocycles. The zero-order valence-electron chi connectivity index (χ0n) is 13.5. The van der Waals surface area contributed by atoms with E-state index in [0.29, 0.717) is 0 Å². The molecule has 0 amide bonds. The normalized spacial score (nSPS) is 13.8. The van der Waals surface area contributed by atoms with Gasteiger partial charge in [0.1, 0.15) is 0 Å². The molecule has 24 heavy (non-hydrogen) atoms. The molecule has 124 valence electrons. The van der Waals surface area contributed by atoms with Gasteiger partial charge in [0, 0.05) is 11.5 Å². The van der Waals surface area contributed by atoms with Crippen LogP contribution in [0, 0.1) is 22.7 Å². The Bertz CT molecular complexity index is 610. The van der Waals surface area contributed by atoms with Crippen LogP contribution >= 0.6 is 0 Å². The van der Waals surface area contributed by atoms with E-state index in [9.17, 15) is 25.9 Å². The molecule has 14 heteroatoms. The van der Waals surface area contributed by atoms with Gasteiger partial charge in [0.05, 0.1) is 32.4 Å². The van der Waals surface area contributed by atoms with Crippen LogP contribution in [0.15, 0.2) is 10.2 Å². The Morgan fingerprint density at radius 2 is 1.08 bits per heavy atom. The summed E-state index contributed by atoms with van der Waals surface area (Å²) in [5, 5.41) is 24.7. The average Bonchev–Trinajstić information content (AvgIpc) is 2.37. The van der Waals surface area contributed by atoms with Crippen molar-refractivity contribution in [1.29, 1.82) is 10.5 Å². The van der Waals surface area contributed by atoms with Crippen LogP contribution in [0.4, 0.5) is 0 Å². The van der Waals surface area contributed by atoms with Gasteiger partial charge in [-0.05, 0) is 25.7 Å². The summed E-state index contributed by atoms with van der Waals surface area (Å²) in [6, 6.07) is 1.47. The van der Waals surface area contributed by atoms with Gasteiger partial charge in [0.25, 0.3) is 0 Å². The van der Waals surface area contributed by atoms with Gasteiger partial charge in [-0.15, -0.1) is 0 Å². The Morgan fingerprint density at radius 1 is 0.792 bits per heavy atom. The smallest absolute Gasteiger partial charge is 0.748 e. The van der Waals surface area contributed by atoms with Gasteiger partial charge in [0.2, 0.25) is 0 Å². The van der Waals surface area contributed by atoms with Crippen LogP contribution in [-0.4, -0.2) is 49.5 Å². The third-order valence-corrected chi connectivity index (χ3v) is 3.96. The van der Waals surface area contributed by atoms with Gasteiger partial charge in [-0.1, -0.05) is 0 Å². The van der Waals surface area contributed by atoms with E-state index in [1.165, 1.54) is 0 Å². The Morgan fingerprint density at radius 3 is 1.29 bits per heavy atom.